The molecule has 1 heterocycles. The first-order valence-electron chi connectivity index (χ1n) is 8.35. The largest absolute Gasteiger partial charge is 0.342 e. The molecule has 1 amide bonds. The average Bonchev–Trinajstić information content (AvgIpc) is 3.11. The van der Waals surface area contributed by atoms with Crippen LogP contribution in [0.3, 0.4) is 0 Å². The first kappa shape index (κ1) is 18.1. The van der Waals surface area contributed by atoms with Gasteiger partial charge >= 0.3 is 0 Å². The first-order chi connectivity index (χ1) is 12.5. The summed E-state index contributed by atoms with van der Waals surface area (Å²) in [5, 5.41) is 12.5. The van der Waals surface area contributed by atoms with E-state index in [1.807, 2.05) is 36.4 Å². The maximum atomic E-state index is 13.9. The number of hydrogen-bond donors (Lipinski definition) is 1. The van der Waals surface area contributed by atoms with Gasteiger partial charge in [0.15, 0.2) is 0 Å². The average molecular weight is 370 g/mol. The quantitative estimate of drug-likeness (QED) is 0.643. The number of carbonyl (C=O) groups is 1. The molecular formula is C20H17ClFN3O. The summed E-state index contributed by atoms with van der Waals surface area (Å²) in [5.74, 6) is -1.22. The number of nitriles is 1. The Morgan fingerprint density at radius 3 is 2.62 bits per heavy atom. The highest BCUT2D eigenvalue weighted by Crippen LogP contribution is 2.38. The molecule has 1 saturated carbocycles. The molecule has 1 N–H and O–H groups in total. The van der Waals surface area contributed by atoms with Crippen LogP contribution >= 0.6 is 11.6 Å². The van der Waals surface area contributed by atoms with Crippen LogP contribution in [0.15, 0.2) is 48.2 Å². The number of rotatable bonds is 4. The Bertz CT molecular complexity index is 884. The van der Waals surface area contributed by atoms with Gasteiger partial charge in [0.2, 0.25) is 0 Å². The van der Waals surface area contributed by atoms with E-state index in [1.54, 1.807) is 0 Å². The number of pyridine rings is 1. The SMILES string of the molecule is N#C/C(=C\c1ncc(Cl)cc1F)C(=O)NC1(c2ccccc2)CCCC1. The Morgan fingerprint density at radius 2 is 2.00 bits per heavy atom. The fourth-order valence-corrected chi connectivity index (χ4v) is 3.47. The second-order valence-electron chi connectivity index (χ2n) is 6.30. The number of carbonyl (C=O) groups excluding carboxylic acids is 1. The van der Waals surface area contributed by atoms with Crippen LogP contribution in [-0.2, 0) is 10.3 Å². The number of hydrogen-bond acceptors (Lipinski definition) is 3. The third-order valence-corrected chi connectivity index (χ3v) is 4.83. The fourth-order valence-electron chi connectivity index (χ4n) is 3.32. The molecule has 0 radical (unpaired) electrons. The summed E-state index contributed by atoms with van der Waals surface area (Å²) >= 11 is 5.68. The van der Waals surface area contributed by atoms with E-state index >= 15 is 0 Å². The van der Waals surface area contributed by atoms with E-state index < -0.39 is 17.3 Å². The summed E-state index contributed by atoms with van der Waals surface area (Å²) in [6, 6.07) is 12.7. The molecule has 1 aromatic carbocycles. The van der Waals surface area contributed by atoms with Crippen molar-refractivity contribution in [2.24, 2.45) is 0 Å². The zero-order chi connectivity index (χ0) is 18.6. The number of nitrogens with one attached hydrogen (secondary N) is 1. The highest BCUT2D eigenvalue weighted by atomic mass is 35.5. The Hall–Kier alpha value is -2.71. The van der Waals surface area contributed by atoms with Gasteiger partial charge in [0.25, 0.3) is 5.91 Å². The summed E-state index contributed by atoms with van der Waals surface area (Å²) in [5.41, 5.74) is 0.224. The molecule has 1 aliphatic carbocycles. The van der Waals surface area contributed by atoms with E-state index in [1.165, 1.54) is 6.20 Å². The molecule has 0 atom stereocenters. The zero-order valence-electron chi connectivity index (χ0n) is 14.0. The van der Waals surface area contributed by atoms with Crippen molar-refractivity contribution in [1.29, 1.82) is 5.26 Å². The van der Waals surface area contributed by atoms with Crippen LogP contribution in [0.25, 0.3) is 6.08 Å². The molecular weight excluding hydrogens is 353 g/mol. The van der Waals surface area contributed by atoms with Gasteiger partial charge in [-0.15, -0.1) is 0 Å². The molecule has 0 bridgehead atoms. The van der Waals surface area contributed by atoms with Crippen LogP contribution in [0.4, 0.5) is 4.39 Å². The minimum atomic E-state index is -0.684. The van der Waals surface area contributed by atoms with E-state index in [0.717, 1.165) is 43.4 Å². The van der Waals surface area contributed by atoms with E-state index in [-0.39, 0.29) is 16.3 Å². The molecule has 1 fully saturated rings. The van der Waals surface area contributed by atoms with Crippen LogP contribution in [0.5, 0.6) is 0 Å². The van der Waals surface area contributed by atoms with Gasteiger partial charge in [0.05, 0.1) is 10.6 Å². The smallest absolute Gasteiger partial charge is 0.262 e. The van der Waals surface area contributed by atoms with Crippen molar-refractivity contribution < 1.29 is 9.18 Å². The molecule has 0 aliphatic heterocycles. The number of amides is 1. The van der Waals surface area contributed by atoms with Crippen molar-refractivity contribution >= 4 is 23.6 Å². The Labute approximate surface area is 156 Å². The topological polar surface area (TPSA) is 65.8 Å². The lowest BCUT2D eigenvalue weighted by molar-refractivity contribution is -0.119. The lowest BCUT2D eigenvalue weighted by Gasteiger charge is -2.31. The van der Waals surface area contributed by atoms with Gasteiger partial charge in [0.1, 0.15) is 23.2 Å². The maximum Gasteiger partial charge on any atom is 0.262 e. The highest BCUT2D eigenvalue weighted by molar-refractivity contribution is 6.30. The molecule has 26 heavy (non-hydrogen) atoms. The Balaban J connectivity index is 1.89. The molecule has 132 valence electrons. The molecule has 2 aromatic rings. The standard InChI is InChI=1S/C20H17ClFN3O/c21-16-11-17(22)18(24-13-16)10-14(12-23)19(26)25-20(8-4-5-9-20)15-6-2-1-3-7-15/h1-3,6-7,10-11,13H,4-5,8-9H2,(H,25,26)/b14-10+. The predicted octanol–water partition coefficient (Wildman–Crippen LogP) is 4.37. The molecule has 0 spiro atoms. The minimum Gasteiger partial charge on any atom is -0.342 e. The van der Waals surface area contributed by atoms with Crippen molar-refractivity contribution in [3.8, 4) is 6.07 Å². The van der Waals surface area contributed by atoms with E-state index in [9.17, 15) is 14.4 Å². The van der Waals surface area contributed by atoms with E-state index in [4.69, 9.17) is 11.6 Å². The van der Waals surface area contributed by atoms with Gasteiger partial charge in [-0.25, -0.2) is 4.39 Å². The summed E-state index contributed by atoms with van der Waals surface area (Å²) in [6.07, 6.45) is 6.01. The van der Waals surface area contributed by atoms with Gasteiger partial charge < -0.3 is 5.32 Å². The highest BCUT2D eigenvalue weighted by Gasteiger charge is 2.37. The van der Waals surface area contributed by atoms with Crippen molar-refractivity contribution in [2.75, 3.05) is 0 Å². The number of nitrogens with zero attached hydrogens (tertiary/aromatic N) is 2. The van der Waals surface area contributed by atoms with Gasteiger partial charge in [-0.1, -0.05) is 54.8 Å². The predicted molar refractivity (Wildman–Crippen MR) is 97.5 cm³/mol. The summed E-state index contributed by atoms with van der Waals surface area (Å²) in [4.78, 5) is 16.6. The third-order valence-electron chi connectivity index (χ3n) is 4.62. The maximum absolute atomic E-state index is 13.9. The molecule has 0 unspecified atom stereocenters. The van der Waals surface area contributed by atoms with Crippen molar-refractivity contribution in [1.82, 2.24) is 10.3 Å². The molecule has 1 aromatic heterocycles. The number of halogens is 2. The van der Waals surface area contributed by atoms with Crippen molar-refractivity contribution in [3.05, 3.63) is 70.3 Å². The molecule has 0 saturated heterocycles. The molecule has 4 nitrogen and oxygen atoms in total. The van der Waals surface area contributed by atoms with Crippen molar-refractivity contribution in [3.63, 3.8) is 0 Å². The summed E-state index contributed by atoms with van der Waals surface area (Å²) in [7, 11) is 0. The zero-order valence-corrected chi connectivity index (χ0v) is 14.8. The second-order valence-corrected chi connectivity index (χ2v) is 6.74. The lowest BCUT2D eigenvalue weighted by atomic mass is 9.88. The van der Waals surface area contributed by atoms with Crippen LogP contribution in [0.1, 0.15) is 36.9 Å². The third kappa shape index (κ3) is 3.76. The number of benzene rings is 1. The normalized spacial score (nSPS) is 16.1. The van der Waals surface area contributed by atoms with E-state index in [2.05, 4.69) is 10.3 Å². The van der Waals surface area contributed by atoms with Crippen LogP contribution in [-0.4, -0.2) is 10.9 Å². The first-order valence-corrected chi connectivity index (χ1v) is 8.73. The monoisotopic (exact) mass is 369 g/mol. The van der Waals surface area contributed by atoms with Crippen molar-refractivity contribution in [2.45, 2.75) is 31.2 Å². The summed E-state index contributed by atoms with van der Waals surface area (Å²) in [6.45, 7) is 0. The lowest BCUT2D eigenvalue weighted by Crippen LogP contribution is -2.44. The van der Waals surface area contributed by atoms with Crippen LogP contribution in [0, 0.1) is 17.1 Å². The van der Waals surface area contributed by atoms with Gasteiger partial charge in [-0.3, -0.25) is 9.78 Å². The summed E-state index contributed by atoms with van der Waals surface area (Å²) < 4.78 is 13.9. The van der Waals surface area contributed by atoms with Gasteiger partial charge in [-0.2, -0.15) is 5.26 Å². The molecule has 1 aliphatic rings. The molecule has 3 rings (SSSR count). The second kappa shape index (κ2) is 7.67. The Kier molecular flexibility index (Phi) is 5.34. The molecule has 6 heteroatoms. The number of aromatic nitrogens is 1. The minimum absolute atomic E-state index is 0.0960. The van der Waals surface area contributed by atoms with E-state index in [0.29, 0.717) is 0 Å². The fraction of sp³-hybridized carbons (Fsp3) is 0.250. The van der Waals surface area contributed by atoms with Gasteiger partial charge in [-0.05, 0) is 30.5 Å². The van der Waals surface area contributed by atoms with Gasteiger partial charge in [0, 0.05) is 6.20 Å². The van der Waals surface area contributed by atoms with Crippen LogP contribution < -0.4 is 5.32 Å². The van der Waals surface area contributed by atoms with Crippen LogP contribution in [0.2, 0.25) is 5.02 Å². The Morgan fingerprint density at radius 1 is 1.31 bits per heavy atom.